The van der Waals surface area contributed by atoms with Crippen molar-refractivity contribution in [2.24, 2.45) is 0 Å². The minimum atomic E-state index is -0.965. The Morgan fingerprint density at radius 3 is 2.17 bits per heavy atom. The number of amides is 4. The lowest BCUT2D eigenvalue weighted by Gasteiger charge is -2.53. The number of imide groups is 2. The second-order valence-corrected chi connectivity index (χ2v) is 17.2. The first-order valence-corrected chi connectivity index (χ1v) is 21.2. The summed E-state index contributed by atoms with van der Waals surface area (Å²) in [6.45, 7) is 3.77. The molecule has 0 aliphatic carbocycles. The molecule has 0 radical (unpaired) electrons. The lowest BCUT2D eigenvalue weighted by atomic mass is 9.90. The summed E-state index contributed by atoms with van der Waals surface area (Å²) in [6, 6.07) is 24.4. The highest BCUT2D eigenvalue weighted by Crippen LogP contribution is 2.43. The maximum atomic E-state index is 13.4. The smallest absolute Gasteiger partial charge is 0.262 e. The summed E-state index contributed by atoms with van der Waals surface area (Å²) in [4.78, 5) is 68.7. The third-order valence-electron chi connectivity index (χ3n) is 13.8. The number of carbonyl (C=O) groups excluding carboxylic acids is 4. The van der Waals surface area contributed by atoms with E-state index in [9.17, 15) is 19.2 Å². The predicted octanol–water partition coefficient (Wildman–Crippen LogP) is 4.79. The Morgan fingerprint density at radius 2 is 1.43 bits per heavy atom. The standard InChI is InChI=1S/C45H46N10O5/c46-41-39-40(26-6-11-34(12-7-26)60-33-4-2-1-3-5-33)50-55(42(39)48-25-47-41)27-16-18-51(19-17-27)31-20-29-8-9-30(21-31)53(29)32-23-52(24-32)28-10-13-35-36(22-28)45(59)54(44(35)58)37-14-15-38(56)49-43(37)57/h1-7,10-13,22,25,27,29-32,37H,8-9,14-21,23-24H2,(H2,46,47,48)(H,49,56,57). The Labute approximate surface area is 346 Å². The SMILES string of the molecule is Nc1ncnc2c1c(-c1ccc(Oc3ccccc3)cc1)nn2C1CCN(C2CC3CCC(C2)N3C2CN(c3ccc4c(c3)C(=O)N(C3CCC(=O)NC3=O)C4=O)C2)CC1. The topological polar surface area (TPSA) is 172 Å². The number of benzene rings is 3. The van der Waals surface area contributed by atoms with Gasteiger partial charge in [0.1, 0.15) is 35.4 Å². The molecule has 0 saturated carbocycles. The molecule has 6 aliphatic heterocycles. The molecule has 4 amide bonds. The number of nitrogens with one attached hydrogen (secondary N) is 1. The fourth-order valence-electron chi connectivity index (χ4n) is 10.8. The zero-order valence-electron chi connectivity index (χ0n) is 33.2. The molecule has 11 rings (SSSR count). The van der Waals surface area contributed by atoms with Gasteiger partial charge in [-0.15, -0.1) is 0 Å². The largest absolute Gasteiger partial charge is 0.457 e. The number of fused-ring (bicyclic) bond motifs is 4. The van der Waals surface area contributed by atoms with Crippen LogP contribution in [0.3, 0.4) is 0 Å². The number of hydrogen-bond acceptors (Lipinski definition) is 12. The first-order valence-electron chi connectivity index (χ1n) is 21.2. The van der Waals surface area contributed by atoms with Gasteiger partial charge in [0, 0.05) is 68.0 Å². The minimum Gasteiger partial charge on any atom is -0.457 e. The van der Waals surface area contributed by atoms with Gasteiger partial charge in [0.05, 0.1) is 22.6 Å². The summed E-state index contributed by atoms with van der Waals surface area (Å²) in [7, 11) is 0. The molecule has 5 saturated heterocycles. The van der Waals surface area contributed by atoms with E-state index in [4.69, 9.17) is 20.6 Å². The summed E-state index contributed by atoms with van der Waals surface area (Å²) in [5, 5.41) is 8.21. The number of nitrogens with zero attached hydrogens (tertiary/aromatic N) is 8. The second-order valence-electron chi connectivity index (χ2n) is 17.2. The number of rotatable bonds is 8. The van der Waals surface area contributed by atoms with Gasteiger partial charge in [0.25, 0.3) is 11.8 Å². The minimum absolute atomic E-state index is 0.100. The van der Waals surface area contributed by atoms with Crippen LogP contribution in [0.1, 0.15) is 78.1 Å². The highest BCUT2D eigenvalue weighted by atomic mass is 16.5. The summed E-state index contributed by atoms with van der Waals surface area (Å²) in [5.41, 5.74) is 10.5. The molecule has 6 aliphatic rings. The first-order chi connectivity index (χ1) is 29.3. The number of carbonyl (C=O) groups is 4. The van der Waals surface area contributed by atoms with Crippen LogP contribution in [0.15, 0.2) is 79.1 Å². The Balaban J connectivity index is 0.717. The van der Waals surface area contributed by atoms with E-state index in [0.717, 1.165) is 83.4 Å². The van der Waals surface area contributed by atoms with Gasteiger partial charge in [-0.2, -0.15) is 5.10 Å². The number of piperidine rings is 3. The van der Waals surface area contributed by atoms with Gasteiger partial charge in [0.15, 0.2) is 5.65 Å². The summed E-state index contributed by atoms with van der Waals surface area (Å²) in [5.74, 6) is 0.0368. The van der Waals surface area contributed by atoms with E-state index in [2.05, 4.69) is 29.7 Å². The van der Waals surface area contributed by atoms with E-state index in [1.165, 1.54) is 32.0 Å². The van der Waals surface area contributed by atoms with Crippen LogP contribution in [0.5, 0.6) is 11.5 Å². The zero-order chi connectivity index (χ0) is 40.6. The van der Waals surface area contributed by atoms with E-state index in [1.54, 1.807) is 12.1 Å². The molecule has 5 fully saturated rings. The molecule has 306 valence electrons. The molecule has 8 heterocycles. The third kappa shape index (κ3) is 6.21. The summed E-state index contributed by atoms with van der Waals surface area (Å²) in [6.07, 6.45) is 8.54. The number of hydrogen-bond donors (Lipinski definition) is 2. The molecular weight excluding hydrogens is 761 g/mol. The maximum Gasteiger partial charge on any atom is 0.262 e. The Kier molecular flexibility index (Phi) is 8.92. The molecule has 15 heteroatoms. The van der Waals surface area contributed by atoms with Gasteiger partial charge in [-0.1, -0.05) is 18.2 Å². The quantitative estimate of drug-likeness (QED) is 0.206. The van der Waals surface area contributed by atoms with Crippen molar-refractivity contribution in [1.82, 2.24) is 39.8 Å². The molecule has 3 unspecified atom stereocenters. The van der Waals surface area contributed by atoms with Crippen molar-refractivity contribution in [2.45, 2.75) is 87.6 Å². The summed E-state index contributed by atoms with van der Waals surface area (Å²) >= 11 is 0. The van der Waals surface area contributed by atoms with Crippen LogP contribution >= 0.6 is 0 Å². The molecule has 5 aromatic rings. The van der Waals surface area contributed by atoms with Crippen molar-refractivity contribution in [2.75, 3.05) is 36.8 Å². The van der Waals surface area contributed by atoms with E-state index in [-0.39, 0.29) is 24.8 Å². The maximum absolute atomic E-state index is 13.4. The normalized spacial score (nSPS) is 25.2. The van der Waals surface area contributed by atoms with E-state index < -0.39 is 23.8 Å². The summed E-state index contributed by atoms with van der Waals surface area (Å²) < 4.78 is 8.12. The number of ether oxygens (including phenoxy) is 1. The third-order valence-corrected chi connectivity index (χ3v) is 13.8. The van der Waals surface area contributed by atoms with Crippen LogP contribution < -0.4 is 20.7 Å². The number of nitrogen functional groups attached to an aromatic ring is 1. The molecule has 3 N–H and O–H groups in total. The highest BCUT2D eigenvalue weighted by molar-refractivity contribution is 6.23. The molecule has 15 nitrogen and oxygen atoms in total. The van der Waals surface area contributed by atoms with Crippen molar-refractivity contribution >= 4 is 46.2 Å². The average Bonchev–Trinajstić information content (AvgIpc) is 3.84. The average molecular weight is 807 g/mol. The molecule has 60 heavy (non-hydrogen) atoms. The molecule has 3 atom stereocenters. The molecular formula is C45H46N10O5. The Bertz CT molecular complexity index is 2520. The van der Waals surface area contributed by atoms with Gasteiger partial charge in [0.2, 0.25) is 11.8 Å². The van der Waals surface area contributed by atoms with Gasteiger partial charge in [-0.05, 0) is 99.5 Å². The van der Waals surface area contributed by atoms with Crippen molar-refractivity contribution in [1.29, 1.82) is 0 Å². The number of para-hydroxylation sites is 1. The van der Waals surface area contributed by atoms with Crippen LogP contribution in [0.2, 0.25) is 0 Å². The van der Waals surface area contributed by atoms with Crippen molar-refractivity contribution in [3.8, 4) is 22.8 Å². The molecule has 0 spiro atoms. The van der Waals surface area contributed by atoms with Crippen molar-refractivity contribution in [3.05, 3.63) is 90.3 Å². The molecule has 3 aromatic carbocycles. The van der Waals surface area contributed by atoms with Crippen LogP contribution in [0.25, 0.3) is 22.3 Å². The van der Waals surface area contributed by atoms with Crippen LogP contribution in [0.4, 0.5) is 11.5 Å². The fourth-order valence-corrected chi connectivity index (χ4v) is 10.8. The second kappa shape index (κ2) is 14.5. The number of likely N-dealkylation sites (tertiary alicyclic amines) is 1. The Hall–Kier alpha value is -6.19. The van der Waals surface area contributed by atoms with Crippen molar-refractivity contribution < 1.29 is 23.9 Å². The van der Waals surface area contributed by atoms with Crippen LogP contribution in [0, 0.1) is 0 Å². The lowest BCUT2D eigenvalue weighted by Crippen LogP contribution is -2.65. The van der Waals surface area contributed by atoms with Gasteiger partial charge in [-0.3, -0.25) is 34.3 Å². The molecule has 2 bridgehead atoms. The predicted molar refractivity (Wildman–Crippen MR) is 222 cm³/mol. The van der Waals surface area contributed by atoms with Gasteiger partial charge in [-0.25, -0.2) is 14.6 Å². The van der Waals surface area contributed by atoms with Crippen molar-refractivity contribution in [3.63, 3.8) is 0 Å². The Morgan fingerprint density at radius 1 is 0.717 bits per heavy atom. The van der Waals surface area contributed by atoms with Gasteiger partial charge < -0.3 is 20.3 Å². The number of anilines is 2. The van der Waals surface area contributed by atoms with E-state index in [1.807, 2.05) is 60.7 Å². The number of nitrogens with two attached hydrogens (primary N) is 1. The van der Waals surface area contributed by atoms with Gasteiger partial charge >= 0.3 is 0 Å². The molecule has 2 aromatic heterocycles. The van der Waals surface area contributed by atoms with Crippen LogP contribution in [-0.2, 0) is 9.59 Å². The highest BCUT2D eigenvalue weighted by Gasteiger charge is 2.49. The lowest BCUT2D eigenvalue weighted by molar-refractivity contribution is -0.136. The van der Waals surface area contributed by atoms with E-state index >= 15 is 0 Å². The monoisotopic (exact) mass is 806 g/mol. The number of aromatic nitrogens is 4. The first kappa shape index (κ1) is 36.9. The van der Waals surface area contributed by atoms with E-state index in [0.29, 0.717) is 41.1 Å². The zero-order valence-corrected chi connectivity index (χ0v) is 33.2. The fraction of sp³-hybridized carbons (Fsp3) is 0.400. The van der Waals surface area contributed by atoms with Crippen LogP contribution in [-0.4, -0.2) is 114 Å².